The fourth-order valence-electron chi connectivity index (χ4n) is 7.84. The van der Waals surface area contributed by atoms with E-state index in [1.165, 1.54) is 55.3 Å². The molecule has 3 atom stereocenters. The maximum Gasteiger partial charge on any atom is 0.320 e. The number of nitrogens with one attached hydrogen (secondary N) is 1. The van der Waals surface area contributed by atoms with Crippen LogP contribution in [0.25, 0.3) is 11.3 Å². The molecule has 0 radical (unpaired) electrons. The van der Waals surface area contributed by atoms with Crippen molar-refractivity contribution in [1.82, 2.24) is 24.3 Å². The third kappa shape index (κ3) is 9.58. The van der Waals surface area contributed by atoms with Gasteiger partial charge in [0.1, 0.15) is 0 Å². The van der Waals surface area contributed by atoms with E-state index >= 15 is 0 Å². The number of amides is 4. The summed E-state index contributed by atoms with van der Waals surface area (Å²) in [5, 5.41) is 2.46. The number of hydrogen-bond donors (Lipinski definition) is 2. The summed E-state index contributed by atoms with van der Waals surface area (Å²) >= 11 is 12.3. The summed E-state index contributed by atoms with van der Waals surface area (Å²) in [6.45, 7) is 5.91. The Labute approximate surface area is 346 Å². The third-order valence-electron chi connectivity index (χ3n) is 10.4. The topological polar surface area (TPSA) is 143 Å². The smallest absolute Gasteiger partial charge is 0.320 e. The first kappa shape index (κ1) is 45.9. The number of fused-ring (bicyclic) bond motifs is 1. The van der Waals surface area contributed by atoms with Gasteiger partial charge in [0.2, 0.25) is 5.82 Å². The van der Waals surface area contributed by atoms with Gasteiger partial charge >= 0.3 is 6.03 Å². The molecule has 3 aliphatic heterocycles. The van der Waals surface area contributed by atoms with E-state index < -0.39 is 17.5 Å². The van der Waals surface area contributed by atoms with Crippen LogP contribution in [0.1, 0.15) is 27.4 Å². The lowest BCUT2D eigenvalue weighted by atomic mass is 10.0. The number of aromatic nitrogens is 2. The Balaban J connectivity index is 0.00000271. The zero-order chi connectivity index (χ0) is 37.3. The number of imidazole rings is 1. The summed E-state index contributed by atoms with van der Waals surface area (Å²) in [6, 6.07) is 7.08. The molecule has 1 unspecified atom stereocenters. The first-order chi connectivity index (χ1) is 24.8. The molecule has 55 heavy (non-hydrogen) atoms. The number of carbonyl (C=O) groups is 4. The molecule has 0 saturated carbocycles. The van der Waals surface area contributed by atoms with Crippen LogP contribution >= 0.6 is 60.4 Å². The number of ether oxygens (including phenoxy) is 1. The van der Waals surface area contributed by atoms with Crippen LogP contribution in [0.3, 0.4) is 0 Å². The molecule has 3 aliphatic rings. The first-order valence-corrected chi connectivity index (χ1v) is 17.8. The Hall–Kier alpha value is -3.44. The highest BCUT2D eigenvalue weighted by Gasteiger charge is 2.51. The van der Waals surface area contributed by atoms with Gasteiger partial charge in [-0.1, -0.05) is 11.6 Å². The normalized spacial score (nSPS) is 20.2. The molecule has 3 aromatic rings. The zero-order valence-electron chi connectivity index (χ0n) is 30.1. The summed E-state index contributed by atoms with van der Waals surface area (Å²) in [5.74, 6) is -2.93. The second-order valence-electron chi connectivity index (χ2n) is 13.7. The number of quaternary nitrogens is 1. The van der Waals surface area contributed by atoms with Gasteiger partial charge in [0.05, 0.1) is 49.2 Å². The Morgan fingerprint density at radius 1 is 0.964 bits per heavy atom. The van der Waals surface area contributed by atoms with Gasteiger partial charge in [-0.3, -0.25) is 14.4 Å². The number of nitrogens with two attached hydrogens (primary N) is 1. The molecule has 0 spiro atoms. The molecule has 302 valence electrons. The van der Waals surface area contributed by atoms with Crippen molar-refractivity contribution >= 4 is 89.2 Å². The molecule has 1 aromatic heterocycles. The summed E-state index contributed by atoms with van der Waals surface area (Å²) in [6.07, 6.45) is 2.08. The predicted octanol–water partition coefficient (Wildman–Crippen LogP) is 4.92. The lowest BCUT2D eigenvalue weighted by Crippen LogP contribution is -2.55. The minimum Gasteiger partial charge on any atom is -0.494 e. The molecule has 4 amide bonds. The first-order valence-electron chi connectivity index (χ1n) is 17.1. The Morgan fingerprint density at radius 3 is 2.18 bits per heavy atom. The van der Waals surface area contributed by atoms with Crippen LogP contribution in [0.5, 0.6) is 5.75 Å². The molecule has 3 N–H and O–H groups in total. The molecule has 3 fully saturated rings. The molecule has 2 aromatic carbocycles. The van der Waals surface area contributed by atoms with E-state index in [1.807, 2.05) is 4.90 Å². The quantitative estimate of drug-likeness (QED) is 0.218. The van der Waals surface area contributed by atoms with Crippen molar-refractivity contribution in [3.8, 4) is 17.0 Å². The second kappa shape index (κ2) is 19.1. The molecule has 20 heteroatoms. The number of benzene rings is 2. The van der Waals surface area contributed by atoms with Crippen molar-refractivity contribution in [2.75, 3.05) is 84.4 Å². The van der Waals surface area contributed by atoms with Gasteiger partial charge < -0.3 is 39.5 Å². The standard InChI is InChI=1S/C35H40Cl2F2N8O5.3ClH/c1-43-27(25-6-7-28(52-2)31(39)30(25)38)15-41-32(43)33(49)42-23-4-5-24(26(36)14-23)34(50)44-9-11-45(12-10-44)35(51)46-16-21-18-47(13-3-8-40,20-29(37)48)19-22(21)17-46;;;/h4-7,14-15,21-22H,3,8-13,16-20,40H2,1-2H3;3*1H/p+1/t21-,22+,47?;;;. The molecule has 0 aliphatic carbocycles. The number of carbonyl (C=O) groups excluding carboxylic acids is 4. The van der Waals surface area contributed by atoms with E-state index in [4.69, 9.17) is 33.7 Å². The number of nitrogens with zero attached hydrogens (tertiary/aromatic N) is 6. The Kier molecular flexibility index (Phi) is 16.0. The predicted molar refractivity (Wildman–Crippen MR) is 212 cm³/mol. The molecular formula is C35H44Cl5F2N8O5+. The number of likely N-dealkylation sites (tertiary alicyclic amines) is 2. The van der Waals surface area contributed by atoms with E-state index in [9.17, 15) is 28.0 Å². The van der Waals surface area contributed by atoms with Crippen LogP contribution in [0, 0.1) is 23.5 Å². The second-order valence-corrected chi connectivity index (χ2v) is 14.5. The molecule has 0 bridgehead atoms. The highest BCUT2D eigenvalue weighted by atomic mass is 35.5. The number of anilines is 1. The van der Waals surface area contributed by atoms with Crippen LogP contribution in [-0.4, -0.2) is 131 Å². The average Bonchev–Trinajstić information content (AvgIpc) is 3.79. The zero-order valence-corrected chi connectivity index (χ0v) is 34.1. The van der Waals surface area contributed by atoms with Gasteiger partial charge in [-0.15, -0.1) is 37.2 Å². The van der Waals surface area contributed by atoms with Gasteiger partial charge in [-0.2, -0.15) is 4.39 Å². The lowest BCUT2D eigenvalue weighted by Gasteiger charge is -2.38. The minimum atomic E-state index is -1.15. The van der Waals surface area contributed by atoms with Crippen molar-refractivity contribution in [1.29, 1.82) is 0 Å². The van der Waals surface area contributed by atoms with E-state index in [0.717, 1.165) is 26.1 Å². The van der Waals surface area contributed by atoms with Crippen molar-refractivity contribution in [2.24, 2.45) is 24.6 Å². The van der Waals surface area contributed by atoms with Gasteiger partial charge in [0.15, 0.2) is 23.9 Å². The molecular weight excluding hydrogens is 828 g/mol. The highest BCUT2D eigenvalue weighted by molar-refractivity contribution is 6.63. The maximum absolute atomic E-state index is 14.7. The monoisotopic (exact) mass is 869 g/mol. The number of piperazine rings is 1. The van der Waals surface area contributed by atoms with Crippen molar-refractivity contribution in [3.63, 3.8) is 0 Å². The van der Waals surface area contributed by atoms with E-state index in [0.29, 0.717) is 67.8 Å². The molecule has 4 heterocycles. The number of hydrogen-bond acceptors (Lipinski definition) is 7. The van der Waals surface area contributed by atoms with Crippen LogP contribution in [0.15, 0.2) is 36.5 Å². The number of halogens is 7. The van der Waals surface area contributed by atoms with E-state index in [2.05, 4.69) is 10.3 Å². The molecule has 3 saturated heterocycles. The molecule has 13 nitrogen and oxygen atoms in total. The van der Waals surface area contributed by atoms with Gasteiger partial charge in [-0.25, -0.2) is 14.2 Å². The maximum atomic E-state index is 14.7. The van der Waals surface area contributed by atoms with Gasteiger partial charge in [-0.05, 0) is 48.5 Å². The van der Waals surface area contributed by atoms with E-state index in [-0.39, 0.29) is 94.4 Å². The summed E-state index contributed by atoms with van der Waals surface area (Å²) in [5.41, 5.74) is 6.37. The Morgan fingerprint density at radius 2 is 1.60 bits per heavy atom. The third-order valence-corrected chi connectivity index (χ3v) is 10.8. The number of rotatable bonds is 10. The van der Waals surface area contributed by atoms with Gasteiger partial charge in [0, 0.05) is 75.8 Å². The lowest BCUT2D eigenvalue weighted by molar-refractivity contribution is -0.911. The van der Waals surface area contributed by atoms with Crippen molar-refractivity contribution < 1.29 is 37.2 Å². The Bertz CT molecular complexity index is 1880. The van der Waals surface area contributed by atoms with Crippen LogP contribution in [-0.2, 0) is 11.8 Å². The van der Waals surface area contributed by atoms with Gasteiger partial charge in [0.25, 0.3) is 17.1 Å². The minimum absolute atomic E-state index is 0. The fourth-order valence-corrected chi connectivity index (χ4v) is 8.36. The van der Waals surface area contributed by atoms with Crippen molar-refractivity contribution in [2.45, 2.75) is 6.42 Å². The van der Waals surface area contributed by atoms with Crippen LogP contribution in [0.4, 0.5) is 19.3 Å². The summed E-state index contributed by atoms with van der Waals surface area (Å²) < 4.78 is 35.8. The van der Waals surface area contributed by atoms with Crippen LogP contribution < -0.4 is 15.8 Å². The SMILES string of the molecule is COc1ccc(-c2cnc(C(=O)Nc3ccc(C(=O)N4CCN(C(=O)N5C[C@@H]6C[N+](CCCN)(CC(=O)Cl)C[C@@H]6C5)CC4)c(Cl)c3)n2C)c(F)c1F.Cl.Cl.Cl. The highest BCUT2D eigenvalue weighted by Crippen LogP contribution is 2.37. The number of methoxy groups -OCH3 is 1. The van der Waals surface area contributed by atoms with Crippen LogP contribution in [0.2, 0.25) is 5.02 Å². The molecule has 6 rings (SSSR count). The van der Waals surface area contributed by atoms with Crippen molar-refractivity contribution in [3.05, 3.63) is 64.6 Å². The summed E-state index contributed by atoms with van der Waals surface area (Å²) in [7, 11) is 2.73. The largest absolute Gasteiger partial charge is 0.494 e. The number of urea groups is 1. The van der Waals surface area contributed by atoms with E-state index in [1.54, 1.807) is 9.80 Å². The average molecular weight is 872 g/mol. The fraction of sp³-hybridized carbons (Fsp3) is 0.457. The summed E-state index contributed by atoms with van der Waals surface area (Å²) in [4.78, 5) is 61.2.